The van der Waals surface area contributed by atoms with E-state index in [1.54, 1.807) is 37.4 Å². The average Bonchev–Trinajstić information content (AvgIpc) is 3.38. The van der Waals surface area contributed by atoms with E-state index in [2.05, 4.69) is 10.3 Å². The summed E-state index contributed by atoms with van der Waals surface area (Å²) < 4.78 is 26.7. The van der Waals surface area contributed by atoms with Crippen molar-refractivity contribution in [3.8, 4) is 33.8 Å². The maximum atomic E-state index is 15.0. The number of hydrogen-bond acceptors (Lipinski definition) is 4. The molecule has 1 atom stereocenters. The standard InChI is InChI=1S/C33H29FN2O4/c1-19-11-21-18-40-32-15-26(24-8-3-5-9-29(24)34)28(13-27(32)25(21)14-31(19)39-2)33(38)36-22(17-37)12-20-16-35-30-10-6-4-7-23(20)30/h3-11,13-16,22,35,37H,12,17-18H2,1-2H3,(H,36,38)/t22-/m1/s1. The molecule has 40 heavy (non-hydrogen) atoms. The van der Waals surface area contributed by atoms with E-state index in [1.807, 2.05) is 49.5 Å². The fourth-order valence-corrected chi connectivity index (χ4v) is 5.48. The van der Waals surface area contributed by atoms with Crippen molar-refractivity contribution in [3.05, 3.63) is 107 Å². The summed E-state index contributed by atoms with van der Waals surface area (Å²) in [5, 5.41) is 14.2. The van der Waals surface area contributed by atoms with Crippen LogP contribution in [0.2, 0.25) is 0 Å². The van der Waals surface area contributed by atoms with E-state index in [1.165, 1.54) is 6.07 Å². The molecular weight excluding hydrogens is 507 g/mol. The predicted molar refractivity (Wildman–Crippen MR) is 153 cm³/mol. The van der Waals surface area contributed by atoms with E-state index in [-0.39, 0.29) is 12.2 Å². The quantitative estimate of drug-likeness (QED) is 0.232. The first-order valence-electron chi connectivity index (χ1n) is 13.2. The Morgan fingerprint density at radius 3 is 2.65 bits per heavy atom. The first-order chi connectivity index (χ1) is 19.5. The van der Waals surface area contributed by atoms with Crippen molar-refractivity contribution in [3.63, 3.8) is 0 Å². The van der Waals surface area contributed by atoms with Crippen LogP contribution in [0.15, 0.2) is 79.0 Å². The van der Waals surface area contributed by atoms with Crippen LogP contribution < -0.4 is 14.8 Å². The molecule has 0 fully saturated rings. The number of aromatic amines is 1. The number of hydrogen-bond donors (Lipinski definition) is 3. The van der Waals surface area contributed by atoms with Gasteiger partial charge >= 0.3 is 0 Å². The molecule has 6 nitrogen and oxygen atoms in total. The van der Waals surface area contributed by atoms with E-state index in [4.69, 9.17) is 9.47 Å². The lowest BCUT2D eigenvalue weighted by molar-refractivity contribution is 0.0917. The van der Waals surface area contributed by atoms with Gasteiger partial charge in [-0.2, -0.15) is 0 Å². The van der Waals surface area contributed by atoms with E-state index in [9.17, 15) is 9.90 Å². The molecule has 0 unspecified atom stereocenters. The highest BCUT2D eigenvalue weighted by molar-refractivity contribution is 6.03. The van der Waals surface area contributed by atoms with Gasteiger partial charge in [0.25, 0.3) is 5.91 Å². The van der Waals surface area contributed by atoms with Gasteiger partial charge in [-0.05, 0) is 72.0 Å². The second-order valence-electron chi connectivity index (χ2n) is 10.1. The fraction of sp³-hybridized carbons (Fsp3) is 0.182. The summed E-state index contributed by atoms with van der Waals surface area (Å²) in [6.07, 6.45) is 2.32. The molecule has 0 bridgehead atoms. The summed E-state index contributed by atoms with van der Waals surface area (Å²) in [7, 11) is 1.62. The first kappa shape index (κ1) is 25.6. The van der Waals surface area contributed by atoms with E-state index in [0.29, 0.717) is 29.9 Å². The van der Waals surface area contributed by atoms with E-state index in [0.717, 1.165) is 44.5 Å². The summed E-state index contributed by atoms with van der Waals surface area (Å²) in [5.74, 6) is 0.439. The molecule has 1 amide bonds. The molecule has 3 N–H and O–H groups in total. The predicted octanol–water partition coefficient (Wildman–Crippen LogP) is 6.18. The number of aliphatic hydroxyl groups excluding tert-OH is 1. The number of para-hydroxylation sites is 1. The van der Waals surface area contributed by atoms with E-state index >= 15 is 4.39 Å². The van der Waals surface area contributed by atoms with Crippen LogP contribution >= 0.6 is 0 Å². The third kappa shape index (κ3) is 4.58. The van der Waals surface area contributed by atoms with Crippen LogP contribution in [0, 0.1) is 12.7 Å². The number of aliphatic hydroxyl groups is 1. The van der Waals surface area contributed by atoms with Crippen LogP contribution in [0.25, 0.3) is 33.2 Å². The Labute approximate surface area is 231 Å². The van der Waals surface area contributed by atoms with Gasteiger partial charge < -0.3 is 24.9 Å². The van der Waals surface area contributed by atoms with Gasteiger partial charge in [0.2, 0.25) is 0 Å². The smallest absolute Gasteiger partial charge is 0.252 e. The Kier molecular flexibility index (Phi) is 6.74. The second-order valence-corrected chi connectivity index (χ2v) is 10.1. The van der Waals surface area contributed by atoms with Gasteiger partial charge in [-0.25, -0.2) is 4.39 Å². The summed E-state index contributed by atoms with van der Waals surface area (Å²) in [4.78, 5) is 17.1. The number of nitrogens with one attached hydrogen (secondary N) is 2. The fourth-order valence-electron chi connectivity index (χ4n) is 5.48. The molecule has 1 aliphatic rings. The molecule has 0 spiro atoms. The van der Waals surface area contributed by atoms with Gasteiger partial charge in [0.15, 0.2) is 0 Å². The lowest BCUT2D eigenvalue weighted by Gasteiger charge is -2.25. The summed E-state index contributed by atoms with van der Waals surface area (Å²) in [6, 6.07) is 21.1. The minimum absolute atomic E-state index is 0.256. The lowest BCUT2D eigenvalue weighted by Crippen LogP contribution is -2.39. The molecule has 2 heterocycles. The molecule has 6 rings (SSSR count). The van der Waals surface area contributed by atoms with E-state index < -0.39 is 17.8 Å². The van der Waals surface area contributed by atoms with Crippen molar-refractivity contribution in [2.75, 3.05) is 13.7 Å². The number of halogens is 1. The number of carbonyl (C=O) groups is 1. The van der Waals surface area contributed by atoms with Gasteiger partial charge in [0.05, 0.1) is 19.8 Å². The highest BCUT2D eigenvalue weighted by atomic mass is 19.1. The number of aryl methyl sites for hydroxylation is 1. The monoisotopic (exact) mass is 536 g/mol. The molecule has 0 radical (unpaired) electrons. The second kappa shape index (κ2) is 10.5. The van der Waals surface area contributed by atoms with Crippen molar-refractivity contribution in [1.82, 2.24) is 10.3 Å². The van der Waals surface area contributed by atoms with Crippen LogP contribution in [0.4, 0.5) is 4.39 Å². The van der Waals surface area contributed by atoms with Crippen molar-refractivity contribution in [2.45, 2.75) is 26.0 Å². The SMILES string of the molecule is COc1cc2c(cc1C)COc1cc(-c3ccccc3F)c(C(=O)N[C@@H](CO)Cc3c[nH]c4ccccc34)cc1-2. The minimum Gasteiger partial charge on any atom is -0.496 e. The Balaban J connectivity index is 1.42. The number of rotatable bonds is 7. The van der Waals surface area contributed by atoms with Gasteiger partial charge in [-0.15, -0.1) is 0 Å². The molecule has 0 aliphatic carbocycles. The number of carbonyl (C=O) groups excluding carboxylic acids is 1. The molecule has 4 aromatic carbocycles. The number of H-pyrrole nitrogens is 1. The van der Waals surface area contributed by atoms with Crippen LogP contribution in [0.3, 0.4) is 0 Å². The molecule has 7 heteroatoms. The molecule has 1 aliphatic heterocycles. The zero-order valence-corrected chi connectivity index (χ0v) is 22.3. The summed E-state index contributed by atoms with van der Waals surface area (Å²) in [6.45, 7) is 2.07. The molecular formula is C33H29FN2O4. The third-order valence-corrected chi connectivity index (χ3v) is 7.52. The van der Waals surface area contributed by atoms with Crippen molar-refractivity contribution in [2.24, 2.45) is 0 Å². The Morgan fingerprint density at radius 2 is 1.85 bits per heavy atom. The third-order valence-electron chi connectivity index (χ3n) is 7.52. The number of benzene rings is 4. The van der Waals surface area contributed by atoms with Gasteiger partial charge in [0, 0.05) is 39.4 Å². The largest absolute Gasteiger partial charge is 0.496 e. The Hall–Kier alpha value is -4.62. The van der Waals surface area contributed by atoms with Crippen LogP contribution in [-0.4, -0.2) is 35.8 Å². The van der Waals surface area contributed by atoms with Crippen molar-refractivity contribution >= 4 is 16.8 Å². The average molecular weight is 537 g/mol. The highest BCUT2D eigenvalue weighted by Crippen LogP contribution is 2.44. The molecule has 1 aromatic heterocycles. The highest BCUT2D eigenvalue weighted by Gasteiger charge is 2.26. The van der Waals surface area contributed by atoms with Crippen LogP contribution in [0.1, 0.15) is 27.0 Å². The maximum absolute atomic E-state index is 15.0. The zero-order chi connectivity index (χ0) is 27.8. The van der Waals surface area contributed by atoms with Crippen molar-refractivity contribution < 1.29 is 23.8 Å². The normalized spacial score (nSPS) is 12.8. The minimum atomic E-state index is -0.553. The molecule has 0 saturated carbocycles. The lowest BCUT2D eigenvalue weighted by atomic mass is 9.89. The van der Waals surface area contributed by atoms with Gasteiger partial charge in [-0.3, -0.25) is 4.79 Å². The van der Waals surface area contributed by atoms with Crippen LogP contribution in [0.5, 0.6) is 11.5 Å². The summed E-state index contributed by atoms with van der Waals surface area (Å²) in [5.41, 5.74) is 6.56. The number of fused-ring (bicyclic) bond motifs is 4. The first-order valence-corrected chi connectivity index (χ1v) is 13.2. The number of aromatic nitrogens is 1. The molecule has 0 saturated heterocycles. The van der Waals surface area contributed by atoms with Gasteiger partial charge in [-0.1, -0.05) is 36.4 Å². The number of amides is 1. The van der Waals surface area contributed by atoms with Gasteiger partial charge in [0.1, 0.15) is 23.9 Å². The number of methoxy groups -OCH3 is 1. The van der Waals surface area contributed by atoms with Crippen LogP contribution in [-0.2, 0) is 13.0 Å². The topological polar surface area (TPSA) is 83.6 Å². The molecule has 202 valence electrons. The Morgan fingerprint density at radius 1 is 1.05 bits per heavy atom. The maximum Gasteiger partial charge on any atom is 0.252 e. The number of ether oxygens (including phenoxy) is 2. The summed E-state index contributed by atoms with van der Waals surface area (Å²) >= 11 is 0. The molecule has 5 aromatic rings. The zero-order valence-electron chi connectivity index (χ0n) is 22.3. The Bertz CT molecular complexity index is 1740. The van der Waals surface area contributed by atoms with Crippen molar-refractivity contribution in [1.29, 1.82) is 0 Å².